The predicted molar refractivity (Wildman–Crippen MR) is 123 cm³/mol. The van der Waals surface area contributed by atoms with Gasteiger partial charge < -0.3 is 9.80 Å². The number of benzene rings is 2. The Labute approximate surface area is 182 Å². The molecule has 4 nitrogen and oxygen atoms in total. The second-order valence-corrected chi connectivity index (χ2v) is 9.98. The van der Waals surface area contributed by atoms with Crippen LogP contribution in [0.15, 0.2) is 51.8 Å². The van der Waals surface area contributed by atoms with Gasteiger partial charge in [-0.2, -0.15) is 0 Å². The number of aryl methyl sites for hydroxylation is 1. The van der Waals surface area contributed by atoms with Gasteiger partial charge in [-0.05, 0) is 37.3 Å². The van der Waals surface area contributed by atoms with Gasteiger partial charge in [0.15, 0.2) is 5.13 Å². The maximum absolute atomic E-state index is 12.5. The van der Waals surface area contributed by atoms with Crippen molar-refractivity contribution in [1.82, 2.24) is 9.88 Å². The van der Waals surface area contributed by atoms with Gasteiger partial charge in [-0.3, -0.25) is 4.79 Å². The standard InChI is InChI=1S/C21H22BrN3OS2/c1-15-2-5-17(6-3-15)27-13-8-20(26)24-9-11-25(12-10-24)21-23-18-7-4-16(22)14-19(18)28-21/h2-7,14H,8-13H2,1H3. The lowest BCUT2D eigenvalue weighted by atomic mass is 10.2. The first-order valence-electron chi connectivity index (χ1n) is 9.37. The highest BCUT2D eigenvalue weighted by atomic mass is 79.9. The molecule has 1 aliphatic rings. The van der Waals surface area contributed by atoms with Crippen molar-refractivity contribution in [3.63, 3.8) is 0 Å². The fourth-order valence-corrected chi connectivity index (χ4v) is 5.63. The topological polar surface area (TPSA) is 36.4 Å². The summed E-state index contributed by atoms with van der Waals surface area (Å²) in [6.07, 6.45) is 0.591. The van der Waals surface area contributed by atoms with Crippen molar-refractivity contribution in [2.45, 2.75) is 18.2 Å². The summed E-state index contributed by atoms with van der Waals surface area (Å²) in [6.45, 7) is 5.32. The van der Waals surface area contributed by atoms with Crippen molar-refractivity contribution in [2.24, 2.45) is 0 Å². The molecule has 0 N–H and O–H groups in total. The average molecular weight is 476 g/mol. The number of fused-ring (bicyclic) bond motifs is 1. The molecular formula is C21H22BrN3OS2. The fraction of sp³-hybridized carbons (Fsp3) is 0.333. The minimum absolute atomic E-state index is 0.257. The number of amides is 1. The Morgan fingerprint density at radius 2 is 1.89 bits per heavy atom. The number of carbonyl (C=O) groups excluding carboxylic acids is 1. The van der Waals surface area contributed by atoms with Crippen LogP contribution in [0.4, 0.5) is 5.13 Å². The minimum atomic E-state index is 0.257. The molecule has 0 radical (unpaired) electrons. The van der Waals surface area contributed by atoms with Crippen molar-refractivity contribution < 1.29 is 4.79 Å². The van der Waals surface area contributed by atoms with Crippen LogP contribution in [-0.2, 0) is 4.79 Å². The van der Waals surface area contributed by atoms with E-state index in [-0.39, 0.29) is 5.91 Å². The first kappa shape index (κ1) is 19.7. The molecule has 2 heterocycles. The van der Waals surface area contributed by atoms with Gasteiger partial charge in [0.25, 0.3) is 0 Å². The predicted octanol–water partition coefficient (Wildman–Crippen LogP) is 5.20. The molecule has 3 aromatic rings. The van der Waals surface area contributed by atoms with Crippen LogP contribution in [0.3, 0.4) is 0 Å². The first-order chi connectivity index (χ1) is 13.6. The molecule has 0 bridgehead atoms. The Kier molecular flexibility index (Phi) is 6.23. The number of hydrogen-bond acceptors (Lipinski definition) is 5. The normalized spacial score (nSPS) is 14.6. The number of hydrogen-bond donors (Lipinski definition) is 0. The summed E-state index contributed by atoms with van der Waals surface area (Å²) >= 11 is 6.99. The van der Waals surface area contributed by atoms with Crippen LogP contribution in [0.1, 0.15) is 12.0 Å². The number of rotatable bonds is 5. The van der Waals surface area contributed by atoms with Crippen LogP contribution in [0, 0.1) is 6.92 Å². The molecule has 1 amide bonds. The van der Waals surface area contributed by atoms with Crippen LogP contribution in [0.2, 0.25) is 0 Å². The van der Waals surface area contributed by atoms with Crippen molar-refractivity contribution in [3.05, 3.63) is 52.5 Å². The fourth-order valence-electron chi connectivity index (χ4n) is 3.22. The molecule has 1 aromatic heterocycles. The highest BCUT2D eigenvalue weighted by Gasteiger charge is 2.22. The van der Waals surface area contributed by atoms with Crippen molar-refractivity contribution in [2.75, 3.05) is 36.8 Å². The van der Waals surface area contributed by atoms with E-state index in [9.17, 15) is 4.79 Å². The van der Waals surface area contributed by atoms with E-state index in [0.717, 1.165) is 47.1 Å². The molecule has 7 heteroatoms. The molecule has 1 fully saturated rings. The van der Waals surface area contributed by atoms with Crippen molar-refractivity contribution >= 4 is 60.3 Å². The Morgan fingerprint density at radius 3 is 2.64 bits per heavy atom. The minimum Gasteiger partial charge on any atom is -0.345 e. The average Bonchev–Trinajstić information content (AvgIpc) is 3.12. The SMILES string of the molecule is Cc1ccc(SCCC(=O)N2CCN(c3nc4ccc(Br)cc4s3)CC2)cc1. The summed E-state index contributed by atoms with van der Waals surface area (Å²) in [5.41, 5.74) is 2.30. The molecule has 2 aromatic carbocycles. The monoisotopic (exact) mass is 475 g/mol. The van der Waals surface area contributed by atoms with Gasteiger partial charge >= 0.3 is 0 Å². The Bertz CT molecular complexity index is 965. The van der Waals surface area contributed by atoms with E-state index in [1.165, 1.54) is 15.2 Å². The quantitative estimate of drug-likeness (QED) is 0.475. The molecule has 0 atom stereocenters. The number of thioether (sulfide) groups is 1. The third kappa shape index (κ3) is 4.70. The zero-order chi connectivity index (χ0) is 19.5. The van der Waals surface area contributed by atoms with Crippen LogP contribution in [-0.4, -0.2) is 47.7 Å². The Balaban J connectivity index is 1.27. The van der Waals surface area contributed by atoms with E-state index in [1.54, 1.807) is 23.1 Å². The lowest BCUT2D eigenvalue weighted by molar-refractivity contribution is -0.131. The molecule has 0 saturated carbocycles. The van der Waals surface area contributed by atoms with Crippen molar-refractivity contribution in [3.8, 4) is 0 Å². The van der Waals surface area contributed by atoms with Gasteiger partial charge in [-0.15, -0.1) is 11.8 Å². The highest BCUT2D eigenvalue weighted by molar-refractivity contribution is 9.10. The number of nitrogens with zero attached hydrogens (tertiary/aromatic N) is 3. The zero-order valence-electron chi connectivity index (χ0n) is 15.7. The molecule has 0 unspecified atom stereocenters. The van der Waals surface area contributed by atoms with Gasteiger partial charge in [0.2, 0.25) is 5.91 Å². The third-order valence-electron chi connectivity index (χ3n) is 4.85. The van der Waals surface area contributed by atoms with E-state index in [2.05, 4.69) is 58.1 Å². The number of thiazole rings is 1. The largest absolute Gasteiger partial charge is 0.345 e. The molecule has 0 aliphatic carbocycles. The van der Waals surface area contributed by atoms with Crippen LogP contribution in [0.25, 0.3) is 10.2 Å². The van der Waals surface area contributed by atoms with Crippen LogP contribution < -0.4 is 4.90 Å². The molecule has 146 valence electrons. The second-order valence-electron chi connectivity index (χ2n) is 6.89. The van der Waals surface area contributed by atoms with E-state index < -0.39 is 0 Å². The van der Waals surface area contributed by atoms with E-state index in [1.807, 2.05) is 17.0 Å². The summed E-state index contributed by atoms with van der Waals surface area (Å²) in [7, 11) is 0. The summed E-state index contributed by atoms with van der Waals surface area (Å²) in [5.74, 6) is 1.09. The smallest absolute Gasteiger partial charge is 0.223 e. The van der Waals surface area contributed by atoms with Gasteiger partial charge in [0.1, 0.15) is 0 Å². The van der Waals surface area contributed by atoms with Gasteiger partial charge in [-0.25, -0.2) is 4.98 Å². The van der Waals surface area contributed by atoms with E-state index in [0.29, 0.717) is 6.42 Å². The van der Waals surface area contributed by atoms with Gasteiger partial charge in [0.05, 0.1) is 10.2 Å². The molecule has 28 heavy (non-hydrogen) atoms. The maximum atomic E-state index is 12.5. The first-order valence-corrected chi connectivity index (χ1v) is 12.0. The highest BCUT2D eigenvalue weighted by Crippen LogP contribution is 2.31. The molecule has 1 aliphatic heterocycles. The number of piperazine rings is 1. The van der Waals surface area contributed by atoms with Crippen LogP contribution >= 0.6 is 39.0 Å². The third-order valence-corrected chi connectivity index (χ3v) is 7.43. The van der Waals surface area contributed by atoms with Crippen molar-refractivity contribution in [1.29, 1.82) is 0 Å². The molecule has 1 saturated heterocycles. The molecule has 0 spiro atoms. The zero-order valence-corrected chi connectivity index (χ0v) is 18.9. The number of carbonyl (C=O) groups is 1. The Morgan fingerprint density at radius 1 is 1.14 bits per heavy atom. The van der Waals surface area contributed by atoms with Gasteiger partial charge in [-0.1, -0.05) is 45.0 Å². The molecule has 4 rings (SSSR count). The van der Waals surface area contributed by atoms with Gasteiger partial charge in [0, 0.05) is 47.7 Å². The lowest BCUT2D eigenvalue weighted by Gasteiger charge is -2.34. The summed E-state index contributed by atoms with van der Waals surface area (Å²) in [5, 5.41) is 1.05. The Hall–Kier alpha value is -1.57. The summed E-state index contributed by atoms with van der Waals surface area (Å²) < 4.78 is 2.27. The number of halogens is 1. The summed E-state index contributed by atoms with van der Waals surface area (Å²) in [4.78, 5) is 22.8. The number of anilines is 1. The number of aromatic nitrogens is 1. The van der Waals surface area contributed by atoms with E-state index in [4.69, 9.17) is 4.98 Å². The summed E-state index contributed by atoms with van der Waals surface area (Å²) in [6, 6.07) is 14.7. The lowest BCUT2D eigenvalue weighted by Crippen LogP contribution is -2.48. The van der Waals surface area contributed by atoms with E-state index >= 15 is 0 Å². The van der Waals surface area contributed by atoms with Crippen LogP contribution in [0.5, 0.6) is 0 Å². The maximum Gasteiger partial charge on any atom is 0.223 e. The second kappa shape index (κ2) is 8.84. The molecular weight excluding hydrogens is 454 g/mol.